The summed E-state index contributed by atoms with van der Waals surface area (Å²) in [6, 6.07) is 30.8. The van der Waals surface area contributed by atoms with E-state index in [9.17, 15) is 0 Å². The zero-order valence-electron chi connectivity index (χ0n) is 27.2. The quantitative estimate of drug-likeness (QED) is 0.261. The van der Waals surface area contributed by atoms with Gasteiger partial charge in [-0.15, -0.1) is 0 Å². The summed E-state index contributed by atoms with van der Waals surface area (Å²) < 4.78 is 0. The summed E-state index contributed by atoms with van der Waals surface area (Å²) >= 11 is 0. The van der Waals surface area contributed by atoms with Crippen molar-refractivity contribution in [1.29, 1.82) is 0 Å². The molecule has 0 N–H and O–H groups in total. The Morgan fingerprint density at radius 2 is 0.756 bits per heavy atom. The maximum absolute atomic E-state index is 3.78. The van der Waals surface area contributed by atoms with Gasteiger partial charge in [-0.25, -0.2) is 0 Å². The van der Waals surface area contributed by atoms with Crippen molar-refractivity contribution in [3.63, 3.8) is 0 Å². The number of pyridine rings is 2. The molecule has 3 heterocycles. The first kappa shape index (κ1) is 41.5. The fourth-order valence-corrected chi connectivity index (χ4v) is 5.12. The number of aryl methyl sites for hydroxylation is 7. The van der Waals surface area contributed by atoms with E-state index in [-0.39, 0.29) is 44.3 Å². The van der Waals surface area contributed by atoms with E-state index in [0.717, 1.165) is 6.67 Å². The van der Waals surface area contributed by atoms with Crippen LogP contribution in [-0.2, 0) is 19.5 Å². The number of nitrogens with zero attached hydrogens (tertiary/aromatic N) is 4. The first-order valence-corrected chi connectivity index (χ1v) is 14.3. The van der Waals surface area contributed by atoms with Crippen molar-refractivity contribution in [3.8, 4) is 0 Å². The monoisotopic (exact) mass is 728 g/mol. The predicted octanol–water partition coefficient (Wildman–Crippen LogP) is 3.46. The third-order valence-electron chi connectivity index (χ3n) is 6.65. The molecule has 1 aliphatic heterocycles. The molecule has 0 saturated heterocycles. The predicted molar refractivity (Wildman–Crippen MR) is 180 cm³/mol. The molecule has 240 valence electrons. The molecule has 1 aliphatic rings. The largest absolute Gasteiger partial charge is 1.00 e. The molecule has 0 spiro atoms. The van der Waals surface area contributed by atoms with Crippen molar-refractivity contribution >= 4 is 11.4 Å². The fraction of sp³-hybridized carbons (Fsp3) is 0.211. The summed E-state index contributed by atoms with van der Waals surface area (Å²) in [6.07, 6.45) is 11.4. The van der Waals surface area contributed by atoms with Gasteiger partial charge in [0, 0.05) is 68.0 Å². The standard InChI is InChI=1S/C21H26N2.C7H8.2C5H5N.2ClH.Ru/c1-14-9-16(3)20(17(4)10-14)22-7-8-23(13-22)21-18(5)11-15(2)12-19(21)6;1-7-5-3-2-4-6-7;2*1-2-4-6-5-3-1;;;/h7-12H,13H2,1-6H3;2-6H,1H3;2*1-5H;2*1H;/p-2. The molecule has 4 nitrogen and oxygen atoms in total. The molecule has 0 saturated carbocycles. The molecule has 2 aromatic heterocycles. The molecular weight excluding hydrogens is 684 g/mol. The molecule has 45 heavy (non-hydrogen) atoms. The second-order valence-corrected chi connectivity index (χ2v) is 10.6. The number of halogens is 2. The van der Waals surface area contributed by atoms with Crippen molar-refractivity contribution in [2.24, 2.45) is 0 Å². The second kappa shape index (κ2) is 22.1. The molecule has 0 atom stereocenters. The number of rotatable bonds is 2. The summed E-state index contributed by atoms with van der Waals surface area (Å²) in [5.74, 6) is 0. The molecular formula is C38H44Cl2N4Ru-2. The van der Waals surface area contributed by atoms with Crippen molar-refractivity contribution in [1.82, 2.24) is 9.97 Å². The molecule has 0 bridgehead atoms. The average Bonchev–Trinajstić information content (AvgIpc) is 3.44. The summed E-state index contributed by atoms with van der Waals surface area (Å²) in [5, 5.41) is 0. The van der Waals surface area contributed by atoms with Crippen LogP contribution in [0.5, 0.6) is 0 Å². The molecule has 5 aromatic rings. The number of hydrogen-bond donors (Lipinski definition) is 0. The van der Waals surface area contributed by atoms with E-state index in [1.165, 1.54) is 50.3 Å². The Labute approximate surface area is 296 Å². The third-order valence-corrected chi connectivity index (χ3v) is 6.65. The van der Waals surface area contributed by atoms with E-state index in [0.29, 0.717) is 0 Å². The summed E-state index contributed by atoms with van der Waals surface area (Å²) in [5.41, 5.74) is 12.0. The molecule has 0 radical (unpaired) electrons. The Bertz CT molecular complexity index is 1340. The van der Waals surface area contributed by atoms with Gasteiger partial charge in [0.05, 0.1) is 6.67 Å². The van der Waals surface area contributed by atoms with Crippen LogP contribution in [0.15, 0.2) is 128 Å². The van der Waals surface area contributed by atoms with Gasteiger partial charge in [-0.2, -0.15) is 0 Å². The Morgan fingerprint density at radius 1 is 0.444 bits per heavy atom. The van der Waals surface area contributed by atoms with Crippen molar-refractivity contribution in [2.75, 3.05) is 16.5 Å². The van der Waals surface area contributed by atoms with Crippen LogP contribution in [0.4, 0.5) is 11.4 Å². The van der Waals surface area contributed by atoms with Gasteiger partial charge in [0.1, 0.15) is 0 Å². The van der Waals surface area contributed by atoms with E-state index in [1.807, 2.05) is 54.6 Å². The van der Waals surface area contributed by atoms with Crippen LogP contribution in [0.25, 0.3) is 0 Å². The zero-order valence-corrected chi connectivity index (χ0v) is 30.5. The first-order valence-electron chi connectivity index (χ1n) is 14.3. The minimum atomic E-state index is 0. The van der Waals surface area contributed by atoms with Gasteiger partial charge in [-0.3, -0.25) is 9.97 Å². The van der Waals surface area contributed by atoms with Crippen LogP contribution in [0, 0.1) is 48.5 Å². The van der Waals surface area contributed by atoms with Gasteiger partial charge >= 0.3 is 0 Å². The van der Waals surface area contributed by atoms with Crippen molar-refractivity contribution in [3.05, 3.63) is 167 Å². The number of aromatic nitrogens is 2. The van der Waals surface area contributed by atoms with Gasteiger partial charge in [0.15, 0.2) is 0 Å². The first-order chi connectivity index (χ1) is 20.3. The fourth-order valence-electron chi connectivity index (χ4n) is 5.12. The summed E-state index contributed by atoms with van der Waals surface area (Å²) in [6.45, 7) is 16.1. The van der Waals surface area contributed by atoms with Crippen LogP contribution in [-0.4, -0.2) is 16.6 Å². The van der Waals surface area contributed by atoms with Gasteiger partial charge in [0.2, 0.25) is 0 Å². The average molecular weight is 729 g/mol. The van der Waals surface area contributed by atoms with Crippen LogP contribution in [0.2, 0.25) is 0 Å². The number of benzene rings is 3. The van der Waals surface area contributed by atoms with Gasteiger partial charge in [0.25, 0.3) is 0 Å². The van der Waals surface area contributed by atoms with Gasteiger partial charge in [-0.05, 0) is 95.0 Å². The summed E-state index contributed by atoms with van der Waals surface area (Å²) in [7, 11) is 0. The van der Waals surface area contributed by atoms with Crippen LogP contribution in [0.1, 0.15) is 38.9 Å². The maximum Gasteiger partial charge on any atom is 0.0989 e. The molecule has 3 aromatic carbocycles. The summed E-state index contributed by atoms with van der Waals surface area (Å²) in [4.78, 5) is 12.3. The van der Waals surface area contributed by atoms with E-state index in [2.05, 4.69) is 117 Å². The van der Waals surface area contributed by atoms with E-state index >= 15 is 0 Å². The van der Waals surface area contributed by atoms with Gasteiger partial charge in [-0.1, -0.05) is 83.4 Å². The minimum Gasteiger partial charge on any atom is -1.00 e. The third kappa shape index (κ3) is 14.0. The van der Waals surface area contributed by atoms with Crippen LogP contribution >= 0.6 is 0 Å². The zero-order chi connectivity index (χ0) is 30.3. The molecule has 7 heteroatoms. The van der Waals surface area contributed by atoms with E-state index < -0.39 is 0 Å². The normalized spacial score (nSPS) is 10.6. The smallest absolute Gasteiger partial charge is 0.0989 e. The molecule has 0 fully saturated rings. The van der Waals surface area contributed by atoms with E-state index in [4.69, 9.17) is 0 Å². The molecule has 0 amide bonds. The number of hydrogen-bond acceptors (Lipinski definition) is 4. The molecule has 0 aliphatic carbocycles. The Balaban J connectivity index is 0.000000716. The van der Waals surface area contributed by atoms with Crippen molar-refractivity contribution in [2.45, 2.75) is 48.5 Å². The van der Waals surface area contributed by atoms with Gasteiger partial charge < -0.3 is 34.6 Å². The topological polar surface area (TPSA) is 32.3 Å². The molecule has 6 rings (SSSR count). The SMILES string of the molecule is Cc1cc(C)c(N2C=CN(c3c(C)cc(C)cc3C)C2)c(C)c1.Cc1ccccc1.[Cl-].[Cl-].[Ru].c1ccncc1.c1ccncc1. The Kier molecular flexibility index (Phi) is 20.4. The minimum absolute atomic E-state index is 0. The van der Waals surface area contributed by atoms with Crippen LogP contribution in [0.3, 0.4) is 0 Å². The second-order valence-electron chi connectivity index (χ2n) is 10.6. The molecule has 0 unspecified atom stereocenters. The maximum atomic E-state index is 3.78. The van der Waals surface area contributed by atoms with Crippen molar-refractivity contribution < 1.29 is 44.3 Å². The Morgan fingerprint density at radius 3 is 0.978 bits per heavy atom. The van der Waals surface area contributed by atoms with Crippen LogP contribution < -0.4 is 34.6 Å². The Hall–Kier alpha value is -3.50. The number of anilines is 2. The van der Waals surface area contributed by atoms with E-state index in [1.54, 1.807) is 24.8 Å².